The minimum Gasteiger partial charge on any atom is -0.756 e. The first-order valence-electron chi connectivity index (χ1n) is 33.2. The van der Waals surface area contributed by atoms with E-state index in [4.69, 9.17) is 9.05 Å². The standard InChI is InChI=1S/C68H129N2O6P/c1-6-8-10-12-14-16-18-20-22-24-26-27-28-29-30-31-32-33-34-35-36-37-38-39-40-41-42-43-44-46-48-50-52-54-56-58-60-62-68(72)69-66(65-76-77(73,74)75-64-63-70(3,4)5)67(71)61-59-57-55-53-51-49-47-45-25-23-21-19-17-15-13-11-9-7-2/h25,30-31,33-34,45,51,53,59,61,66-67,71H,6-24,26-29,32,35-44,46-50,52,54-58,60,62-65H2,1-5H3,(H-,69,72,73,74)/b31-30-,34-33-,45-25+,53-51+,61-59+. The van der Waals surface area contributed by atoms with Gasteiger partial charge in [0, 0.05) is 6.42 Å². The van der Waals surface area contributed by atoms with E-state index in [0.29, 0.717) is 17.4 Å². The molecule has 0 aliphatic carbocycles. The highest BCUT2D eigenvalue weighted by molar-refractivity contribution is 7.45. The number of amides is 1. The first-order valence-corrected chi connectivity index (χ1v) is 34.6. The van der Waals surface area contributed by atoms with E-state index in [9.17, 15) is 19.4 Å². The Kier molecular flexibility index (Phi) is 57.5. The molecule has 9 heteroatoms. The number of aliphatic hydroxyl groups is 1. The van der Waals surface area contributed by atoms with Crippen LogP contribution in [0, 0.1) is 0 Å². The molecule has 0 aromatic heterocycles. The molecule has 0 aromatic carbocycles. The summed E-state index contributed by atoms with van der Waals surface area (Å²) in [6, 6.07) is -0.912. The molecular formula is C68H129N2O6P. The predicted molar refractivity (Wildman–Crippen MR) is 334 cm³/mol. The molecule has 0 aliphatic rings. The van der Waals surface area contributed by atoms with Crippen LogP contribution in [0.3, 0.4) is 0 Å². The number of hydrogen-bond donors (Lipinski definition) is 2. The lowest BCUT2D eigenvalue weighted by atomic mass is 10.0. The molecule has 2 N–H and O–H groups in total. The van der Waals surface area contributed by atoms with Crippen LogP contribution < -0.4 is 10.2 Å². The van der Waals surface area contributed by atoms with Crippen LogP contribution in [0.5, 0.6) is 0 Å². The Morgan fingerprint density at radius 1 is 0.455 bits per heavy atom. The van der Waals surface area contributed by atoms with Gasteiger partial charge in [0.25, 0.3) is 7.82 Å². The quantitative estimate of drug-likeness (QED) is 0.0272. The fraction of sp³-hybridized carbons (Fsp3) is 0.838. The normalized spacial score (nSPS) is 14.1. The van der Waals surface area contributed by atoms with Crippen LogP contribution in [0.25, 0.3) is 0 Å². The molecule has 0 bridgehead atoms. The van der Waals surface area contributed by atoms with E-state index in [1.807, 2.05) is 27.2 Å². The molecule has 0 heterocycles. The molecule has 0 saturated heterocycles. The van der Waals surface area contributed by atoms with E-state index in [-0.39, 0.29) is 12.5 Å². The molecule has 0 rings (SSSR count). The van der Waals surface area contributed by atoms with Crippen molar-refractivity contribution in [2.24, 2.45) is 0 Å². The number of unbranched alkanes of at least 4 members (excludes halogenated alkanes) is 40. The van der Waals surface area contributed by atoms with Gasteiger partial charge >= 0.3 is 0 Å². The second-order valence-electron chi connectivity index (χ2n) is 23.8. The van der Waals surface area contributed by atoms with Crippen LogP contribution in [0.1, 0.15) is 316 Å². The number of aliphatic hydroxyl groups excluding tert-OH is 1. The van der Waals surface area contributed by atoms with E-state index in [1.54, 1.807) is 6.08 Å². The van der Waals surface area contributed by atoms with Gasteiger partial charge in [-0.05, 0) is 77.0 Å². The number of nitrogens with zero attached hydrogens (tertiary/aromatic N) is 1. The first kappa shape index (κ1) is 75.2. The van der Waals surface area contributed by atoms with Gasteiger partial charge in [-0.1, -0.05) is 293 Å². The molecule has 3 atom stereocenters. The van der Waals surface area contributed by atoms with Crippen molar-refractivity contribution in [3.63, 3.8) is 0 Å². The van der Waals surface area contributed by atoms with E-state index < -0.39 is 26.6 Å². The fourth-order valence-electron chi connectivity index (χ4n) is 9.75. The third-order valence-electron chi connectivity index (χ3n) is 14.9. The number of rotatable bonds is 61. The minimum absolute atomic E-state index is 0.00954. The van der Waals surface area contributed by atoms with Crippen molar-refractivity contribution in [1.82, 2.24) is 5.32 Å². The average Bonchev–Trinajstić information content (AvgIpc) is 3.39. The van der Waals surface area contributed by atoms with Crippen LogP contribution >= 0.6 is 7.82 Å². The number of carbonyl (C=O) groups is 1. The second-order valence-corrected chi connectivity index (χ2v) is 25.2. The van der Waals surface area contributed by atoms with Crippen LogP contribution in [-0.2, 0) is 18.4 Å². The lowest BCUT2D eigenvalue weighted by molar-refractivity contribution is -0.870. The maximum atomic E-state index is 13.0. The number of quaternary nitrogens is 1. The summed E-state index contributed by atoms with van der Waals surface area (Å²) in [6.45, 7) is 4.65. The van der Waals surface area contributed by atoms with E-state index in [1.165, 1.54) is 244 Å². The minimum atomic E-state index is -4.61. The summed E-state index contributed by atoms with van der Waals surface area (Å²) in [4.78, 5) is 25.5. The number of allylic oxidation sites excluding steroid dienone is 9. The van der Waals surface area contributed by atoms with E-state index in [0.717, 1.165) is 51.4 Å². The largest absolute Gasteiger partial charge is 0.756 e. The molecule has 0 spiro atoms. The van der Waals surface area contributed by atoms with Crippen molar-refractivity contribution in [1.29, 1.82) is 0 Å². The van der Waals surface area contributed by atoms with Gasteiger partial charge in [0.1, 0.15) is 13.2 Å². The van der Waals surface area contributed by atoms with Crippen LogP contribution in [0.2, 0.25) is 0 Å². The summed E-state index contributed by atoms with van der Waals surface area (Å²) in [6.07, 6.45) is 80.6. The predicted octanol–water partition coefficient (Wildman–Crippen LogP) is 20.2. The van der Waals surface area contributed by atoms with Crippen LogP contribution in [0.15, 0.2) is 60.8 Å². The van der Waals surface area contributed by atoms with Gasteiger partial charge in [-0.15, -0.1) is 0 Å². The molecule has 8 nitrogen and oxygen atoms in total. The summed E-state index contributed by atoms with van der Waals surface area (Å²) in [5, 5.41) is 13.9. The van der Waals surface area contributed by atoms with Crippen molar-refractivity contribution in [3.8, 4) is 0 Å². The highest BCUT2D eigenvalue weighted by Crippen LogP contribution is 2.38. The topological polar surface area (TPSA) is 108 Å². The maximum Gasteiger partial charge on any atom is 0.268 e. The summed E-state index contributed by atoms with van der Waals surface area (Å²) < 4.78 is 23.4. The molecule has 77 heavy (non-hydrogen) atoms. The maximum absolute atomic E-state index is 13.0. The molecule has 452 valence electrons. The third-order valence-corrected chi connectivity index (χ3v) is 15.9. The first-order chi connectivity index (χ1) is 37.5. The number of carbonyl (C=O) groups excluding carboxylic acids is 1. The molecule has 3 unspecified atom stereocenters. The average molecular weight is 1100 g/mol. The van der Waals surface area contributed by atoms with Crippen molar-refractivity contribution >= 4 is 13.7 Å². The molecule has 0 saturated carbocycles. The SMILES string of the molecule is CCCCCCCCCC/C=C/CC/C=C/CC/C=C/C(O)C(COP(=O)([O-])OCC[N+](C)(C)C)NC(=O)CCCCCCCCCCCCCCCCCCC/C=C\C/C=C\CCCCCCCCCCCCCCC. The highest BCUT2D eigenvalue weighted by Gasteiger charge is 2.23. The van der Waals surface area contributed by atoms with Crippen molar-refractivity contribution in [3.05, 3.63) is 60.8 Å². The number of likely N-dealkylation sites (N-methyl/N-ethyl adjacent to an activating group) is 1. The van der Waals surface area contributed by atoms with Gasteiger partial charge in [-0.25, -0.2) is 0 Å². The Balaban J connectivity index is 4.03. The van der Waals surface area contributed by atoms with Crippen LogP contribution in [0.4, 0.5) is 0 Å². The molecule has 0 fully saturated rings. The zero-order valence-corrected chi connectivity index (χ0v) is 52.6. The third kappa shape index (κ3) is 61.7. The van der Waals surface area contributed by atoms with Crippen molar-refractivity contribution in [2.75, 3.05) is 40.9 Å². The highest BCUT2D eigenvalue weighted by atomic mass is 31.2. The Morgan fingerprint density at radius 2 is 0.766 bits per heavy atom. The zero-order chi connectivity index (χ0) is 56.3. The van der Waals surface area contributed by atoms with Gasteiger partial charge in [0.2, 0.25) is 5.91 Å². The monoisotopic (exact) mass is 1100 g/mol. The summed E-state index contributed by atoms with van der Waals surface area (Å²) >= 11 is 0. The van der Waals surface area contributed by atoms with Crippen LogP contribution in [-0.4, -0.2) is 68.5 Å². The van der Waals surface area contributed by atoms with Crippen molar-refractivity contribution in [2.45, 2.75) is 328 Å². The molecular weight excluding hydrogens is 972 g/mol. The fourth-order valence-corrected chi connectivity index (χ4v) is 10.5. The molecule has 0 aromatic rings. The smallest absolute Gasteiger partial charge is 0.268 e. The number of hydrogen-bond acceptors (Lipinski definition) is 6. The van der Waals surface area contributed by atoms with E-state index in [2.05, 4.69) is 67.8 Å². The Morgan fingerprint density at radius 3 is 1.13 bits per heavy atom. The number of nitrogens with one attached hydrogen (secondary N) is 1. The summed E-state index contributed by atoms with van der Waals surface area (Å²) in [5.74, 6) is -0.209. The Hall–Kier alpha value is -1.80. The van der Waals surface area contributed by atoms with Gasteiger partial charge < -0.3 is 28.8 Å². The molecule has 0 aliphatic heterocycles. The molecule has 1 amide bonds. The Labute approximate surface area is 479 Å². The Bertz CT molecular complexity index is 1440. The lowest BCUT2D eigenvalue weighted by Crippen LogP contribution is -2.45. The van der Waals surface area contributed by atoms with Gasteiger partial charge in [-0.2, -0.15) is 0 Å². The number of phosphoric acid groups is 1. The lowest BCUT2D eigenvalue weighted by Gasteiger charge is -2.29. The van der Waals surface area contributed by atoms with Gasteiger partial charge in [0.05, 0.1) is 39.9 Å². The van der Waals surface area contributed by atoms with E-state index >= 15 is 0 Å². The van der Waals surface area contributed by atoms with Gasteiger partial charge in [0.15, 0.2) is 0 Å². The molecule has 0 radical (unpaired) electrons. The number of phosphoric ester groups is 1. The summed E-state index contributed by atoms with van der Waals surface area (Å²) in [7, 11) is 1.24. The zero-order valence-electron chi connectivity index (χ0n) is 51.7. The van der Waals surface area contributed by atoms with Gasteiger partial charge in [-0.3, -0.25) is 9.36 Å². The second kappa shape index (κ2) is 58.8. The summed E-state index contributed by atoms with van der Waals surface area (Å²) in [5.41, 5.74) is 0. The van der Waals surface area contributed by atoms with Crippen molar-refractivity contribution < 1.29 is 32.9 Å².